The Bertz CT molecular complexity index is 986. The van der Waals surface area contributed by atoms with E-state index in [1.54, 1.807) is 24.7 Å². The number of fused-ring (bicyclic) bond motifs is 1. The quantitative estimate of drug-likeness (QED) is 0.696. The van der Waals surface area contributed by atoms with Crippen molar-refractivity contribution in [1.29, 1.82) is 0 Å². The zero-order valence-electron chi connectivity index (χ0n) is 14.5. The molecule has 140 valence electrons. The molecule has 27 heavy (non-hydrogen) atoms. The first-order chi connectivity index (χ1) is 13.1. The molecule has 0 aliphatic carbocycles. The molecule has 1 aromatic carbocycles. The molecule has 3 aromatic rings. The summed E-state index contributed by atoms with van der Waals surface area (Å²) in [6.45, 7) is 2.56. The Balaban J connectivity index is 1.52. The van der Waals surface area contributed by atoms with Gasteiger partial charge in [-0.2, -0.15) is 0 Å². The zero-order chi connectivity index (χ0) is 18.8. The number of piperazine rings is 1. The third kappa shape index (κ3) is 3.57. The molecule has 0 spiro atoms. The van der Waals surface area contributed by atoms with Crippen LogP contribution in [0.15, 0.2) is 47.9 Å². The predicted octanol–water partition coefficient (Wildman–Crippen LogP) is 1.78. The molecule has 2 aromatic heterocycles. The number of hydrogen-bond donors (Lipinski definition) is 0. The van der Waals surface area contributed by atoms with E-state index in [-0.39, 0.29) is 0 Å². The summed E-state index contributed by atoms with van der Waals surface area (Å²) in [6.07, 6.45) is 3.67. The second kappa shape index (κ2) is 7.26. The number of benzene rings is 1. The highest BCUT2D eigenvalue weighted by Gasteiger charge is 2.19. The molecule has 9 heteroatoms. The van der Waals surface area contributed by atoms with Gasteiger partial charge in [0.2, 0.25) is 0 Å². The summed E-state index contributed by atoms with van der Waals surface area (Å²) >= 11 is 0. The first-order valence-electron chi connectivity index (χ1n) is 8.65. The molecular formula is C18H18F2N6O. The lowest BCUT2D eigenvalue weighted by Crippen LogP contribution is -2.46. The van der Waals surface area contributed by atoms with Crippen molar-refractivity contribution in [3.05, 3.63) is 53.5 Å². The van der Waals surface area contributed by atoms with Crippen molar-refractivity contribution in [3.8, 4) is 0 Å². The normalized spacial score (nSPS) is 14.9. The third-order valence-corrected chi connectivity index (χ3v) is 4.66. The van der Waals surface area contributed by atoms with Crippen LogP contribution < -0.4 is 15.4 Å². The molecule has 4 rings (SSSR count). The Kier molecular flexibility index (Phi) is 4.66. The summed E-state index contributed by atoms with van der Waals surface area (Å²) < 4.78 is 26.1. The van der Waals surface area contributed by atoms with Gasteiger partial charge in [0.05, 0.1) is 30.0 Å². The van der Waals surface area contributed by atoms with Gasteiger partial charge in [0.25, 0.3) is 12.0 Å². The first kappa shape index (κ1) is 17.3. The van der Waals surface area contributed by atoms with Crippen molar-refractivity contribution in [3.63, 3.8) is 0 Å². The minimum Gasteiger partial charge on any atom is -0.368 e. The fourth-order valence-corrected chi connectivity index (χ4v) is 3.27. The van der Waals surface area contributed by atoms with Crippen LogP contribution in [0, 0.1) is 0 Å². The number of halogens is 2. The topological polar surface area (TPSA) is 67.2 Å². The van der Waals surface area contributed by atoms with E-state index < -0.39 is 18.5 Å². The summed E-state index contributed by atoms with van der Waals surface area (Å²) in [6, 6.07) is 5.34. The maximum atomic E-state index is 12.6. The molecule has 7 nitrogen and oxygen atoms in total. The number of hydrogen-bond acceptors (Lipinski definition) is 6. The largest absolute Gasteiger partial charge is 0.368 e. The van der Waals surface area contributed by atoms with Crippen LogP contribution >= 0.6 is 0 Å². The van der Waals surface area contributed by atoms with Crippen LogP contribution in [0.25, 0.3) is 10.9 Å². The van der Waals surface area contributed by atoms with E-state index in [2.05, 4.69) is 24.8 Å². The van der Waals surface area contributed by atoms with Gasteiger partial charge in [0, 0.05) is 44.3 Å². The van der Waals surface area contributed by atoms with Crippen LogP contribution in [0.4, 0.5) is 20.3 Å². The molecule has 3 heterocycles. The minimum atomic E-state index is -2.59. The number of aromatic nitrogens is 4. The van der Waals surface area contributed by atoms with Crippen LogP contribution in [0.1, 0.15) is 0 Å². The van der Waals surface area contributed by atoms with Crippen LogP contribution in [-0.4, -0.2) is 52.1 Å². The van der Waals surface area contributed by atoms with E-state index in [0.717, 1.165) is 42.3 Å². The maximum Gasteiger partial charge on any atom is 0.261 e. The smallest absolute Gasteiger partial charge is 0.261 e. The van der Waals surface area contributed by atoms with Gasteiger partial charge in [-0.25, -0.2) is 18.7 Å². The fraction of sp³-hybridized carbons (Fsp3) is 0.333. The lowest BCUT2D eigenvalue weighted by atomic mass is 10.2. The van der Waals surface area contributed by atoms with Crippen LogP contribution in [0.3, 0.4) is 0 Å². The van der Waals surface area contributed by atoms with Crippen LogP contribution in [0.2, 0.25) is 0 Å². The Morgan fingerprint density at radius 3 is 2.52 bits per heavy atom. The summed E-state index contributed by atoms with van der Waals surface area (Å²) in [4.78, 5) is 29.3. The van der Waals surface area contributed by atoms with Crippen molar-refractivity contribution >= 4 is 22.4 Å². The number of anilines is 2. The molecule has 0 amide bonds. The molecule has 0 atom stereocenters. The number of rotatable bonds is 4. The Morgan fingerprint density at radius 1 is 1.04 bits per heavy atom. The second-order valence-electron chi connectivity index (χ2n) is 6.33. The monoisotopic (exact) mass is 372 g/mol. The van der Waals surface area contributed by atoms with Crippen LogP contribution in [-0.2, 0) is 6.54 Å². The van der Waals surface area contributed by atoms with Gasteiger partial charge < -0.3 is 9.80 Å². The van der Waals surface area contributed by atoms with Crippen molar-refractivity contribution < 1.29 is 8.78 Å². The summed E-state index contributed by atoms with van der Waals surface area (Å²) in [5, 5.41) is 0.347. The summed E-state index contributed by atoms with van der Waals surface area (Å²) in [5.41, 5.74) is 1.03. The van der Waals surface area contributed by atoms with Crippen LogP contribution in [0.5, 0.6) is 0 Å². The van der Waals surface area contributed by atoms with Crippen molar-refractivity contribution in [2.75, 3.05) is 36.0 Å². The van der Waals surface area contributed by atoms with Crippen molar-refractivity contribution in [2.45, 2.75) is 13.0 Å². The van der Waals surface area contributed by atoms with Crippen molar-refractivity contribution in [2.24, 2.45) is 0 Å². The van der Waals surface area contributed by atoms with Gasteiger partial charge in [0.1, 0.15) is 5.82 Å². The average Bonchev–Trinajstić information content (AvgIpc) is 2.70. The molecule has 0 N–H and O–H groups in total. The van der Waals surface area contributed by atoms with E-state index >= 15 is 0 Å². The molecule has 1 aliphatic heterocycles. The molecule has 0 bridgehead atoms. The average molecular weight is 372 g/mol. The number of alkyl halides is 2. The van der Waals surface area contributed by atoms with E-state index in [0.29, 0.717) is 10.9 Å². The molecule has 1 aliphatic rings. The van der Waals surface area contributed by atoms with E-state index in [1.165, 1.54) is 6.33 Å². The maximum absolute atomic E-state index is 12.6. The van der Waals surface area contributed by atoms with E-state index in [1.807, 2.05) is 12.1 Å². The summed E-state index contributed by atoms with van der Waals surface area (Å²) in [7, 11) is 0. The van der Waals surface area contributed by atoms with Crippen molar-refractivity contribution in [1.82, 2.24) is 19.5 Å². The van der Waals surface area contributed by atoms with Gasteiger partial charge in [0.15, 0.2) is 0 Å². The summed E-state index contributed by atoms with van der Waals surface area (Å²) in [5.74, 6) is 0.858. The highest BCUT2D eigenvalue weighted by atomic mass is 19.3. The molecule has 1 fully saturated rings. The predicted molar refractivity (Wildman–Crippen MR) is 98.5 cm³/mol. The first-order valence-corrected chi connectivity index (χ1v) is 8.65. The third-order valence-electron chi connectivity index (χ3n) is 4.66. The Labute approximate surface area is 153 Å². The molecule has 0 unspecified atom stereocenters. The highest BCUT2D eigenvalue weighted by molar-refractivity contribution is 5.81. The molecule has 0 saturated carbocycles. The SMILES string of the molecule is O=c1c2ccc(N3CCN(c4cnccn4)CC3)cc2ncn1CC(F)F. The van der Waals surface area contributed by atoms with E-state index in [9.17, 15) is 13.6 Å². The lowest BCUT2D eigenvalue weighted by molar-refractivity contribution is 0.125. The van der Waals surface area contributed by atoms with E-state index in [4.69, 9.17) is 0 Å². The zero-order valence-corrected chi connectivity index (χ0v) is 14.5. The highest BCUT2D eigenvalue weighted by Crippen LogP contribution is 2.21. The number of nitrogens with zero attached hydrogens (tertiary/aromatic N) is 6. The Hall–Kier alpha value is -3.10. The van der Waals surface area contributed by atoms with Gasteiger partial charge >= 0.3 is 0 Å². The Morgan fingerprint density at radius 2 is 1.81 bits per heavy atom. The standard InChI is InChI=1S/C18H18F2N6O/c19-16(20)11-26-12-23-15-9-13(1-2-14(15)18(26)27)24-5-7-25(8-6-24)17-10-21-3-4-22-17/h1-4,9-10,12,16H,5-8,11H2. The minimum absolute atomic E-state index is 0.347. The van der Waals surface area contributed by atoms with Gasteiger partial charge in [-0.3, -0.25) is 14.3 Å². The lowest BCUT2D eigenvalue weighted by Gasteiger charge is -2.36. The fourth-order valence-electron chi connectivity index (χ4n) is 3.27. The molecular weight excluding hydrogens is 354 g/mol. The van der Waals surface area contributed by atoms with Gasteiger partial charge in [-0.15, -0.1) is 0 Å². The van der Waals surface area contributed by atoms with Gasteiger partial charge in [-0.05, 0) is 18.2 Å². The molecule has 0 radical (unpaired) electrons. The molecule has 1 saturated heterocycles. The second-order valence-corrected chi connectivity index (χ2v) is 6.33. The van der Waals surface area contributed by atoms with Gasteiger partial charge in [-0.1, -0.05) is 0 Å².